The molecule has 2 aromatic rings. The van der Waals surface area contributed by atoms with Gasteiger partial charge in [-0.2, -0.15) is 0 Å². The molecule has 0 spiro atoms. The Hall–Kier alpha value is -2.75. The monoisotopic (exact) mass is 379 g/mol. The Balaban J connectivity index is 2.20. The van der Waals surface area contributed by atoms with Gasteiger partial charge in [0.25, 0.3) is 5.91 Å². The first kappa shape index (κ1) is 20.0. The number of rotatable bonds is 7. The number of nitrogens with zero attached hydrogens (tertiary/aromatic N) is 1. The lowest BCUT2D eigenvalue weighted by atomic mass is 9.89. The standard InChI is InChI=1S/C24H29NO3/c1-5-6-7-8-17-14-20(26)22(23(27)21(17)24(28)25-11-12-25)19-13-16(4)9-10-18(19)15(2)3/h9-10,13-14,26-27H,2,5-8,11-12H2,1,3-4H3. The summed E-state index contributed by atoms with van der Waals surface area (Å²) in [6, 6.07) is 7.49. The first-order valence-electron chi connectivity index (χ1n) is 9.99. The Morgan fingerprint density at radius 3 is 2.50 bits per heavy atom. The molecule has 2 aromatic carbocycles. The van der Waals surface area contributed by atoms with E-state index in [-0.39, 0.29) is 17.4 Å². The van der Waals surface area contributed by atoms with Gasteiger partial charge in [-0.1, -0.05) is 55.7 Å². The van der Waals surface area contributed by atoms with Crippen molar-refractivity contribution >= 4 is 11.5 Å². The fourth-order valence-corrected chi connectivity index (χ4v) is 3.62. The fourth-order valence-electron chi connectivity index (χ4n) is 3.62. The van der Waals surface area contributed by atoms with Crippen LogP contribution in [0, 0.1) is 6.92 Å². The van der Waals surface area contributed by atoms with Gasteiger partial charge in [-0.25, -0.2) is 0 Å². The Morgan fingerprint density at radius 2 is 1.89 bits per heavy atom. The summed E-state index contributed by atoms with van der Waals surface area (Å²) < 4.78 is 0. The Bertz CT molecular complexity index is 926. The quantitative estimate of drug-likeness (QED) is 0.507. The molecular formula is C24H29NO3. The van der Waals surface area contributed by atoms with Crippen LogP contribution in [0.5, 0.6) is 11.5 Å². The zero-order chi connectivity index (χ0) is 20.4. The number of aromatic hydroxyl groups is 2. The molecule has 2 N–H and O–H groups in total. The molecule has 1 saturated heterocycles. The van der Waals surface area contributed by atoms with E-state index < -0.39 is 0 Å². The highest BCUT2D eigenvalue weighted by Gasteiger charge is 2.32. The fraction of sp³-hybridized carbons (Fsp3) is 0.375. The number of amides is 1. The van der Waals surface area contributed by atoms with Gasteiger partial charge in [0, 0.05) is 13.1 Å². The molecule has 148 valence electrons. The van der Waals surface area contributed by atoms with Crippen molar-refractivity contribution < 1.29 is 15.0 Å². The molecular weight excluding hydrogens is 350 g/mol. The van der Waals surface area contributed by atoms with Crippen LogP contribution in [-0.4, -0.2) is 34.1 Å². The molecule has 0 aromatic heterocycles. The van der Waals surface area contributed by atoms with E-state index in [1.165, 1.54) is 0 Å². The summed E-state index contributed by atoms with van der Waals surface area (Å²) in [5.74, 6) is -0.286. The van der Waals surface area contributed by atoms with Crippen LogP contribution in [0.1, 0.15) is 60.2 Å². The molecule has 1 amide bonds. The number of carbonyl (C=O) groups excluding carboxylic acids is 1. The summed E-state index contributed by atoms with van der Waals surface area (Å²) in [5.41, 5.74) is 4.74. The van der Waals surface area contributed by atoms with Crippen LogP contribution >= 0.6 is 0 Å². The summed E-state index contributed by atoms with van der Waals surface area (Å²) in [4.78, 5) is 14.6. The van der Waals surface area contributed by atoms with Crippen molar-refractivity contribution in [2.24, 2.45) is 0 Å². The number of benzene rings is 2. The number of phenolic OH excluding ortho intramolecular Hbond substituents is 2. The minimum Gasteiger partial charge on any atom is -0.507 e. The van der Waals surface area contributed by atoms with Crippen molar-refractivity contribution in [3.63, 3.8) is 0 Å². The van der Waals surface area contributed by atoms with Gasteiger partial charge >= 0.3 is 0 Å². The van der Waals surface area contributed by atoms with Gasteiger partial charge in [0.2, 0.25) is 0 Å². The third-order valence-electron chi connectivity index (χ3n) is 5.26. The SMILES string of the molecule is C=C(C)c1ccc(C)cc1-c1c(O)cc(CCCCC)c(C(=O)N2CC2)c1O. The minimum absolute atomic E-state index is 0.000514. The zero-order valence-electron chi connectivity index (χ0n) is 17.0. The predicted molar refractivity (Wildman–Crippen MR) is 114 cm³/mol. The van der Waals surface area contributed by atoms with Crippen LogP contribution in [0.3, 0.4) is 0 Å². The van der Waals surface area contributed by atoms with Gasteiger partial charge in [-0.05, 0) is 49.4 Å². The minimum atomic E-state index is -0.158. The van der Waals surface area contributed by atoms with E-state index in [1.807, 2.05) is 32.0 Å². The molecule has 3 rings (SSSR count). The van der Waals surface area contributed by atoms with Crippen LogP contribution in [0.15, 0.2) is 30.8 Å². The summed E-state index contributed by atoms with van der Waals surface area (Å²) in [6.07, 6.45) is 3.68. The first-order valence-corrected chi connectivity index (χ1v) is 9.99. The van der Waals surface area contributed by atoms with Gasteiger partial charge < -0.3 is 15.1 Å². The average molecular weight is 380 g/mol. The predicted octanol–water partition coefficient (Wildman–Crippen LogP) is 5.29. The number of allylic oxidation sites excluding steroid dienone is 1. The van der Waals surface area contributed by atoms with Crippen molar-refractivity contribution in [1.29, 1.82) is 0 Å². The van der Waals surface area contributed by atoms with Gasteiger partial charge in [0.05, 0.1) is 11.1 Å². The highest BCUT2D eigenvalue weighted by atomic mass is 16.3. The molecule has 0 saturated carbocycles. The zero-order valence-corrected chi connectivity index (χ0v) is 17.0. The van der Waals surface area contributed by atoms with Crippen molar-refractivity contribution in [3.05, 3.63) is 53.1 Å². The number of aryl methyl sites for hydroxylation is 2. The molecule has 0 radical (unpaired) electrons. The number of hydrogen-bond donors (Lipinski definition) is 2. The number of hydrogen-bond acceptors (Lipinski definition) is 3. The second-order valence-electron chi connectivity index (χ2n) is 7.73. The summed E-state index contributed by atoms with van der Waals surface area (Å²) in [5, 5.41) is 22.0. The maximum absolute atomic E-state index is 12.9. The second-order valence-corrected chi connectivity index (χ2v) is 7.73. The van der Waals surface area contributed by atoms with Crippen molar-refractivity contribution in [2.45, 2.75) is 46.5 Å². The molecule has 4 nitrogen and oxygen atoms in total. The second kappa shape index (κ2) is 8.09. The van der Waals surface area contributed by atoms with Gasteiger partial charge in [0.15, 0.2) is 0 Å². The highest BCUT2D eigenvalue weighted by Crippen LogP contribution is 2.45. The van der Waals surface area contributed by atoms with Crippen molar-refractivity contribution in [3.8, 4) is 22.6 Å². The third kappa shape index (κ3) is 3.91. The molecule has 1 heterocycles. The Morgan fingerprint density at radius 1 is 1.18 bits per heavy atom. The van der Waals surface area contributed by atoms with Crippen LogP contribution in [0.2, 0.25) is 0 Å². The smallest absolute Gasteiger partial charge is 0.258 e. The van der Waals surface area contributed by atoms with Gasteiger partial charge in [-0.15, -0.1) is 0 Å². The largest absolute Gasteiger partial charge is 0.507 e. The molecule has 28 heavy (non-hydrogen) atoms. The molecule has 0 atom stereocenters. The normalized spacial score (nSPS) is 12.9. The molecule has 0 aliphatic carbocycles. The number of unbranched alkanes of at least 4 members (excludes halogenated alkanes) is 2. The molecule has 1 aliphatic rings. The maximum Gasteiger partial charge on any atom is 0.258 e. The van der Waals surface area contributed by atoms with Crippen LogP contribution in [0.25, 0.3) is 16.7 Å². The number of phenols is 2. The van der Waals surface area contributed by atoms with E-state index in [4.69, 9.17) is 0 Å². The highest BCUT2D eigenvalue weighted by molar-refractivity contribution is 6.03. The average Bonchev–Trinajstić information content (AvgIpc) is 3.46. The van der Waals surface area contributed by atoms with Crippen LogP contribution < -0.4 is 0 Å². The summed E-state index contributed by atoms with van der Waals surface area (Å²) in [7, 11) is 0. The van der Waals surface area contributed by atoms with E-state index in [2.05, 4.69) is 13.5 Å². The Labute approximate surface area is 167 Å². The van der Waals surface area contributed by atoms with Gasteiger partial charge in [-0.3, -0.25) is 4.79 Å². The third-order valence-corrected chi connectivity index (χ3v) is 5.26. The molecule has 1 fully saturated rings. The van der Waals surface area contributed by atoms with E-state index in [9.17, 15) is 15.0 Å². The van der Waals surface area contributed by atoms with Gasteiger partial charge in [0.1, 0.15) is 11.5 Å². The summed E-state index contributed by atoms with van der Waals surface area (Å²) >= 11 is 0. The van der Waals surface area contributed by atoms with E-state index in [1.54, 1.807) is 11.0 Å². The van der Waals surface area contributed by atoms with Crippen molar-refractivity contribution in [1.82, 2.24) is 4.90 Å². The van der Waals surface area contributed by atoms with E-state index >= 15 is 0 Å². The lowest BCUT2D eigenvalue weighted by Gasteiger charge is -2.19. The molecule has 0 unspecified atom stereocenters. The van der Waals surface area contributed by atoms with Crippen LogP contribution in [-0.2, 0) is 6.42 Å². The van der Waals surface area contributed by atoms with E-state index in [0.29, 0.717) is 41.8 Å². The lowest BCUT2D eigenvalue weighted by Crippen LogP contribution is -2.14. The molecule has 4 heteroatoms. The summed E-state index contributed by atoms with van der Waals surface area (Å²) in [6.45, 7) is 11.4. The maximum atomic E-state index is 12.9. The first-order chi connectivity index (χ1) is 13.3. The number of carbonyl (C=O) groups is 1. The Kier molecular flexibility index (Phi) is 5.78. The van der Waals surface area contributed by atoms with Crippen LogP contribution in [0.4, 0.5) is 0 Å². The lowest BCUT2D eigenvalue weighted by molar-refractivity contribution is 0.0881. The molecule has 0 bridgehead atoms. The van der Waals surface area contributed by atoms with Crippen molar-refractivity contribution in [2.75, 3.05) is 13.1 Å². The molecule has 1 aliphatic heterocycles. The van der Waals surface area contributed by atoms with E-state index in [0.717, 1.165) is 36.0 Å². The topological polar surface area (TPSA) is 60.5 Å².